The van der Waals surface area contributed by atoms with Gasteiger partial charge in [-0.25, -0.2) is 14.8 Å². The molecule has 214 valence electrons. The molecular formula is C26H37N5O8. The van der Waals surface area contributed by atoms with Gasteiger partial charge in [0.05, 0.1) is 64.2 Å². The van der Waals surface area contributed by atoms with Crippen LogP contribution in [0, 0.1) is 0 Å². The summed E-state index contributed by atoms with van der Waals surface area (Å²) in [5.74, 6) is -0.891. The predicted octanol–water partition coefficient (Wildman–Crippen LogP) is 0.676. The van der Waals surface area contributed by atoms with Crippen molar-refractivity contribution in [3.63, 3.8) is 0 Å². The summed E-state index contributed by atoms with van der Waals surface area (Å²) in [5.41, 5.74) is 7.76. The molecule has 3 rings (SSSR count). The number of hydrogen-bond acceptors (Lipinski definition) is 12. The maximum atomic E-state index is 11.2. The molecule has 1 saturated heterocycles. The van der Waals surface area contributed by atoms with Gasteiger partial charge in [0, 0.05) is 51.0 Å². The second-order valence-corrected chi connectivity index (χ2v) is 8.77. The summed E-state index contributed by atoms with van der Waals surface area (Å²) in [6.07, 6.45) is 0. The number of carboxylic acid groups (broad SMARTS) is 1. The molecule has 1 fully saturated rings. The Balaban J connectivity index is 1.49. The van der Waals surface area contributed by atoms with Crippen molar-refractivity contribution in [2.24, 2.45) is 0 Å². The average Bonchev–Trinajstić information content (AvgIpc) is 2.90. The summed E-state index contributed by atoms with van der Waals surface area (Å²) in [6, 6.07) is 8.23. The van der Waals surface area contributed by atoms with Crippen LogP contribution in [0.5, 0.6) is 5.88 Å². The third kappa shape index (κ3) is 12.0. The van der Waals surface area contributed by atoms with Crippen LogP contribution in [0.1, 0.15) is 21.9 Å². The van der Waals surface area contributed by atoms with Crippen LogP contribution in [0.2, 0.25) is 0 Å². The van der Waals surface area contributed by atoms with Gasteiger partial charge in [-0.05, 0) is 18.2 Å². The van der Waals surface area contributed by atoms with Gasteiger partial charge in [0.1, 0.15) is 5.69 Å². The van der Waals surface area contributed by atoms with E-state index in [0.29, 0.717) is 116 Å². The summed E-state index contributed by atoms with van der Waals surface area (Å²) in [4.78, 5) is 34.7. The highest BCUT2D eigenvalue weighted by Crippen LogP contribution is 2.15. The molecule has 0 unspecified atom stereocenters. The van der Waals surface area contributed by atoms with Gasteiger partial charge in [0.15, 0.2) is 0 Å². The lowest BCUT2D eigenvalue weighted by Crippen LogP contribution is -2.33. The fourth-order valence-electron chi connectivity index (χ4n) is 3.88. The minimum absolute atomic E-state index is 0.0232. The molecule has 0 aromatic carbocycles. The second-order valence-electron chi connectivity index (χ2n) is 8.77. The average molecular weight is 548 g/mol. The van der Waals surface area contributed by atoms with Gasteiger partial charge >= 0.3 is 5.97 Å². The lowest BCUT2D eigenvalue weighted by Gasteiger charge is -2.23. The van der Waals surface area contributed by atoms with E-state index in [1.54, 1.807) is 12.1 Å². The Morgan fingerprint density at radius 1 is 0.846 bits per heavy atom. The Morgan fingerprint density at radius 2 is 1.38 bits per heavy atom. The van der Waals surface area contributed by atoms with Crippen molar-refractivity contribution < 1.29 is 38.4 Å². The van der Waals surface area contributed by atoms with Crippen LogP contribution in [0.4, 0.5) is 5.69 Å². The molecule has 0 aliphatic carbocycles. The van der Waals surface area contributed by atoms with Gasteiger partial charge in [0.25, 0.3) is 6.47 Å². The maximum Gasteiger partial charge on any atom is 0.354 e. The summed E-state index contributed by atoms with van der Waals surface area (Å²) in [5, 5.41) is 9.21. The highest BCUT2D eigenvalue weighted by atomic mass is 16.5. The molecule has 3 N–H and O–H groups in total. The number of ether oxygens (including phenoxy) is 5. The molecule has 0 saturated carbocycles. The number of carboxylic acids is 1. The smallest absolute Gasteiger partial charge is 0.354 e. The number of carbonyl (C=O) groups excluding carboxylic acids is 1. The number of rotatable bonds is 7. The first-order valence-corrected chi connectivity index (χ1v) is 12.8. The number of pyridine rings is 2. The van der Waals surface area contributed by atoms with Crippen molar-refractivity contribution >= 4 is 18.1 Å². The van der Waals surface area contributed by atoms with E-state index in [1.807, 2.05) is 6.07 Å². The molecule has 39 heavy (non-hydrogen) atoms. The number of carbonyl (C=O) groups is 2. The van der Waals surface area contributed by atoms with E-state index in [-0.39, 0.29) is 11.6 Å². The highest BCUT2D eigenvalue weighted by molar-refractivity contribution is 5.85. The molecule has 2 aromatic heterocycles. The van der Waals surface area contributed by atoms with E-state index in [4.69, 9.17) is 29.4 Å². The number of nitrogens with zero attached hydrogens (tertiary/aromatic N) is 4. The highest BCUT2D eigenvalue weighted by Gasteiger charge is 2.12. The van der Waals surface area contributed by atoms with Crippen molar-refractivity contribution in [1.29, 1.82) is 0 Å². The van der Waals surface area contributed by atoms with Crippen molar-refractivity contribution in [2.45, 2.75) is 13.1 Å². The first-order chi connectivity index (χ1) is 19.0. The van der Waals surface area contributed by atoms with Gasteiger partial charge in [-0.15, -0.1) is 0 Å². The minimum atomic E-state index is -1.05. The second kappa shape index (κ2) is 17.4. The number of anilines is 1. The monoisotopic (exact) mass is 547 g/mol. The summed E-state index contributed by atoms with van der Waals surface area (Å²) in [7, 11) is 0. The molecule has 3 heterocycles. The molecule has 13 heteroatoms. The zero-order chi connectivity index (χ0) is 27.7. The van der Waals surface area contributed by atoms with Crippen molar-refractivity contribution in [3.8, 4) is 5.88 Å². The van der Waals surface area contributed by atoms with Gasteiger partial charge in [-0.1, -0.05) is 6.07 Å². The van der Waals surface area contributed by atoms with Gasteiger partial charge < -0.3 is 34.5 Å². The van der Waals surface area contributed by atoms with E-state index in [2.05, 4.69) is 19.8 Å². The number of aromatic carboxylic acids is 1. The van der Waals surface area contributed by atoms with Crippen LogP contribution in [0.3, 0.4) is 0 Å². The third-order valence-electron chi connectivity index (χ3n) is 5.79. The molecule has 0 bridgehead atoms. The fourth-order valence-corrected chi connectivity index (χ4v) is 3.88. The molecule has 0 radical (unpaired) electrons. The number of hydrogen-bond donors (Lipinski definition) is 2. The molecule has 13 nitrogen and oxygen atoms in total. The molecule has 1 aliphatic rings. The lowest BCUT2D eigenvalue weighted by atomic mass is 10.3. The standard InChI is InChI=1S/C26H37N5O8/c27-21-16-23(29-25(17-21)39-20-32)19-31-6-10-37-14-12-35-8-4-30(5-9-36-13-15-38-11-7-31)18-22-2-1-3-24(28-22)26(33)34/h1-3,16-17,20H,4-15,18-19H2,(H2,27,29)(H,33,34). The SMILES string of the molecule is Nc1cc(CN2CCOCCOCCN(Cc3cccc(C(=O)O)n3)CCOCCOCC2)nc(OC=O)c1. The van der Waals surface area contributed by atoms with Crippen molar-refractivity contribution in [2.75, 3.05) is 84.8 Å². The largest absolute Gasteiger partial charge is 0.477 e. The van der Waals surface area contributed by atoms with Crippen LogP contribution in [0.15, 0.2) is 30.3 Å². The quantitative estimate of drug-likeness (QED) is 0.466. The minimum Gasteiger partial charge on any atom is -0.477 e. The Labute approximate surface area is 227 Å². The van der Waals surface area contributed by atoms with Crippen molar-refractivity contribution in [1.82, 2.24) is 19.8 Å². The maximum absolute atomic E-state index is 11.2. The zero-order valence-corrected chi connectivity index (χ0v) is 22.0. The summed E-state index contributed by atoms with van der Waals surface area (Å²) < 4.78 is 27.9. The van der Waals surface area contributed by atoms with Crippen LogP contribution >= 0.6 is 0 Å². The van der Waals surface area contributed by atoms with E-state index >= 15 is 0 Å². The van der Waals surface area contributed by atoms with E-state index in [9.17, 15) is 14.7 Å². The first kappa shape index (κ1) is 30.3. The van der Waals surface area contributed by atoms with Crippen LogP contribution in [-0.4, -0.2) is 116 Å². The molecule has 0 amide bonds. The molecule has 1 aliphatic heterocycles. The third-order valence-corrected chi connectivity index (χ3v) is 5.79. The van der Waals surface area contributed by atoms with Crippen molar-refractivity contribution in [3.05, 3.63) is 47.4 Å². The van der Waals surface area contributed by atoms with Gasteiger partial charge in [-0.3, -0.25) is 14.6 Å². The molecular weight excluding hydrogens is 510 g/mol. The van der Waals surface area contributed by atoms with Crippen LogP contribution < -0.4 is 10.5 Å². The topological polar surface area (TPSA) is 159 Å². The Bertz CT molecular complexity index is 1010. The van der Waals surface area contributed by atoms with Gasteiger partial charge in [0.2, 0.25) is 5.88 Å². The van der Waals surface area contributed by atoms with E-state index < -0.39 is 5.97 Å². The Kier molecular flexibility index (Phi) is 13.5. The van der Waals surface area contributed by atoms with E-state index in [1.165, 1.54) is 12.1 Å². The molecule has 2 aromatic rings. The number of nitrogens with two attached hydrogens (primary N) is 1. The molecule has 0 spiro atoms. The number of nitrogen functional groups attached to an aromatic ring is 1. The zero-order valence-electron chi connectivity index (χ0n) is 22.0. The van der Waals surface area contributed by atoms with Gasteiger partial charge in [-0.2, -0.15) is 0 Å². The number of aromatic nitrogens is 2. The predicted molar refractivity (Wildman–Crippen MR) is 140 cm³/mol. The normalized spacial score (nSPS) is 18.1. The molecule has 0 atom stereocenters. The van der Waals surface area contributed by atoms with E-state index in [0.717, 1.165) is 0 Å². The first-order valence-electron chi connectivity index (χ1n) is 12.8. The summed E-state index contributed by atoms with van der Waals surface area (Å²) >= 11 is 0. The van der Waals surface area contributed by atoms with Crippen LogP contribution in [0.25, 0.3) is 0 Å². The van der Waals surface area contributed by atoms with Crippen LogP contribution in [-0.2, 0) is 36.8 Å². The Hall–Kier alpha value is -3.20. The fraction of sp³-hybridized carbons (Fsp3) is 0.538. The summed E-state index contributed by atoms with van der Waals surface area (Å²) in [6.45, 7) is 7.59. The Morgan fingerprint density at radius 3 is 1.90 bits per heavy atom. The lowest BCUT2D eigenvalue weighted by molar-refractivity contribution is -0.120.